The molecular formula is C15H22O. The van der Waals surface area contributed by atoms with Crippen LogP contribution in [0.3, 0.4) is 0 Å². The number of hydrogen-bond acceptors (Lipinski definition) is 1. The molecule has 1 aromatic rings. The van der Waals surface area contributed by atoms with E-state index in [2.05, 4.69) is 52.0 Å². The lowest BCUT2D eigenvalue weighted by Crippen LogP contribution is -2.26. The smallest absolute Gasteiger partial charge is 0.0813 e. The highest BCUT2D eigenvalue weighted by molar-refractivity contribution is 5.49. The molecule has 0 fully saturated rings. The Balaban J connectivity index is 2.61. The Labute approximate surface area is 99.1 Å². The van der Waals surface area contributed by atoms with Crippen molar-refractivity contribution in [3.8, 4) is 0 Å². The lowest BCUT2D eigenvalue weighted by Gasteiger charge is -2.25. The third-order valence-electron chi connectivity index (χ3n) is 2.56. The van der Waals surface area contributed by atoms with E-state index in [0.29, 0.717) is 6.10 Å². The van der Waals surface area contributed by atoms with Gasteiger partial charge in [0.15, 0.2) is 0 Å². The summed E-state index contributed by atoms with van der Waals surface area (Å²) < 4.78 is 5.92. The topological polar surface area (TPSA) is 9.23 Å². The molecule has 0 aromatic heterocycles. The van der Waals surface area contributed by atoms with Crippen molar-refractivity contribution in [2.45, 2.75) is 45.8 Å². The van der Waals surface area contributed by atoms with Crippen molar-refractivity contribution in [2.75, 3.05) is 0 Å². The van der Waals surface area contributed by atoms with Gasteiger partial charge in [-0.1, -0.05) is 49.4 Å². The zero-order valence-electron chi connectivity index (χ0n) is 10.7. The Morgan fingerprint density at radius 2 is 1.88 bits per heavy atom. The molecule has 1 rings (SSSR count). The van der Waals surface area contributed by atoms with E-state index in [1.54, 1.807) is 0 Å². The standard InChI is InChI=1S/C15H22O/c1-5-13(2)16-15(3,4)12-11-14-9-7-6-8-10-14/h6-13H,5H2,1-4H3/b12-11+. The average molecular weight is 218 g/mol. The first-order chi connectivity index (χ1) is 7.53. The van der Waals surface area contributed by atoms with E-state index in [4.69, 9.17) is 4.74 Å². The van der Waals surface area contributed by atoms with Gasteiger partial charge in [0, 0.05) is 0 Å². The molecule has 88 valence electrons. The number of hydrogen-bond donors (Lipinski definition) is 0. The first kappa shape index (κ1) is 13.0. The van der Waals surface area contributed by atoms with Crippen LogP contribution in [0.2, 0.25) is 0 Å². The lowest BCUT2D eigenvalue weighted by molar-refractivity contribution is -0.0326. The SMILES string of the molecule is CCC(C)OC(C)(C)/C=C/c1ccccc1. The van der Waals surface area contributed by atoms with Crippen LogP contribution in [0.5, 0.6) is 0 Å². The van der Waals surface area contributed by atoms with Crippen molar-refractivity contribution in [2.24, 2.45) is 0 Å². The molecule has 1 aromatic carbocycles. The minimum absolute atomic E-state index is 0.203. The molecule has 0 saturated heterocycles. The van der Waals surface area contributed by atoms with Crippen LogP contribution in [0.15, 0.2) is 36.4 Å². The van der Waals surface area contributed by atoms with Crippen LogP contribution in [0, 0.1) is 0 Å². The second kappa shape index (κ2) is 5.86. The van der Waals surface area contributed by atoms with Gasteiger partial charge < -0.3 is 4.74 Å². The average Bonchev–Trinajstić information content (AvgIpc) is 2.27. The molecule has 0 radical (unpaired) electrons. The fraction of sp³-hybridized carbons (Fsp3) is 0.467. The van der Waals surface area contributed by atoms with Crippen molar-refractivity contribution in [1.29, 1.82) is 0 Å². The summed E-state index contributed by atoms with van der Waals surface area (Å²) in [7, 11) is 0. The van der Waals surface area contributed by atoms with E-state index in [1.165, 1.54) is 5.56 Å². The summed E-state index contributed by atoms with van der Waals surface area (Å²) in [5.74, 6) is 0. The Morgan fingerprint density at radius 3 is 2.44 bits per heavy atom. The van der Waals surface area contributed by atoms with Crippen LogP contribution in [-0.4, -0.2) is 11.7 Å². The summed E-state index contributed by atoms with van der Waals surface area (Å²) in [6.07, 6.45) is 5.58. The number of benzene rings is 1. The largest absolute Gasteiger partial charge is 0.369 e. The van der Waals surface area contributed by atoms with Crippen LogP contribution in [0.1, 0.15) is 39.7 Å². The van der Waals surface area contributed by atoms with Gasteiger partial charge in [-0.25, -0.2) is 0 Å². The lowest BCUT2D eigenvalue weighted by atomic mass is 10.1. The summed E-state index contributed by atoms with van der Waals surface area (Å²) >= 11 is 0. The summed E-state index contributed by atoms with van der Waals surface area (Å²) in [5, 5.41) is 0. The molecule has 1 nitrogen and oxygen atoms in total. The van der Waals surface area contributed by atoms with Gasteiger partial charge in [-0.3, -0.25) is 0 Å². The molecule has 0 N–H and O–H groups in total. The molecule has 1 atom stereocenters. The fourth-order valence-electron chi connectivity index (χ4n) is 1.50. The molecule has 0 bridgehead atoms. The third kappa shape index (κ3) is 4.63. The molecule has 0 heterocycles. The van der Waals surface area contributed by atoms with Crippen LogP contribution >= 0.6 is 0 Å². The third-order valence-corrected chi connectivity index (χ3v) is 2.56. The van der Waals surface area contributed by atoms with Crippen LogP contribution in [0.4, 0.5) is 0 Å². The second-order valence-corrected chi connectivity index (χ2v) is 4.68. The van der Waals surface area contributed by atoms with Crippen LogP contribution < -0.4 is 0 Å². The number of ether oxygens (including phenoxy) is 1. The van der Waals surface area contributed by atoms with E-state index in [-0.39, 0.29) is 5.60 Å². The maximum absolute atomic E-state index is 5.92. The number of rotatable bonds is 5. The molecule has 0 saturated carbocycles. The van der Waals surface area contributed by atoms with Crippen LogP contribution in [-0.2, 0) is 4.74 Å². The zero-order valence-corrected chi connectivity index (χ0v) is 10.7. The van der Waals surface area contributed by atoms with Crippen molar-refractivity contribution in [3.63, 3.8) is 0 Å². The van der Waals surface area contributed by atoms with Gasteiger partial charge >= 0.3 is 0 Å². The summed E-state index contributed by atoms with van der Waals surface area (Å²) in [4.78, 5) is 0. The highest BCUT2D eigenvalue weighted by Gasteiger charge is 2.16. The summed E-state index contributed by atoms with van der Waals surface area (Å²) in [6, 6.07) is 10.3. The molecule has 1 heteroatoms. The van der Waals surface area contributed by atoms with Gasteiger partial charge in [-0.15, -0.1) is 0 Å². The van der Waals surface area contributed by atoms with Gasteiger partial charge in [0.25, 0.3) is 0 Å². The Bertz CT molecular complexity index is 325. The van der Waals surface area contributed by atoms with Crippen molar-refractivity contribution >= 4 is 6.08 Å². The van der Waals surface area contributed by atoms with E-state index in [1.807, 2.05) is 18.2 Å². The molecule has 1 unspecified atom stereocenters. The van der Waals surface area contributed by atoms with Crippen molar-refractivity contribution in [1.82, 2.24) is 0 Å². The first-order valence-electron chi connectivity index (χ1n) is 5.95. The normalized spacial score (nSPS) is 14.2. The molecule has 16 heavy (non-hydrogen) atoms. The van der Waals surface area contributed by atoms with E-state index < -0.39 is 0 Å². The molecular weight excluding hydrogens is 196 g/mol. The first-order valence-corrected chi connectivity index (χ1v) is 5.95. The Hall–Kier alpha value is -1.08. The summed E-state index contributed by atoms with van der Waals surface area (Å²) in [6.45, 7) is 8.44. The Kier molecular flexibility index (Phi) is 4.75. The quantitative estimate of drug-likeness (QED) is 0.716. The molecule has 0 spiro atoms. The monoisotopic (exact) mass is 218 g/mol. The fourth-order valence-corrected chi connectivity index (χ4v) is 1.50. The van der Waals surface area contributed by atoms with E-state index >= 15 is 0 Å². The Morgan fingerprint density at radius 1 is 1.25 bits per heavy atom. The second-order valence-electron chi connectivity index (χ2n) is 4.68. The van der Waals surface area contributed by atoms with Gasteiger partial charge in [-0.05, 0) is 32.8 Å². The maximum atomic E-state index is 5.92. The molecule has 0 amide bonds. The van der Waals surface area contributed by atoms with Gasteiger partial charge in [0.2, 0.25) is 0 Å². The molecule has 0 aliphatic heterocycles. The van der Waals surface area contributed by atoms with Crippen LogP contribution in [0.25, 0.3) is 6.08 Å². The highest BCUT2D eigenvalue weighted by atomic mass is 16.5. The van der Waals surface area contributed by atoms with Gasteiger partial charge in [0.1, 0.15) is 0 Å². The van der Waals surface area contributed by atoms with Crippen molar-refractivity contribution < 1.29 is 4.74 Å². The van der Waals surface area contributed by atoms with Gasteiger partial charge in [-0.2, -0.15) is 0 Å². The predicted molar refractivity (Wildman–Crippen MR) is 70.4 cm³/mol. The zero-order chi connectivity index (χ0) is 12.0. The minimum Gasteiger partial charge on any atom is -0.369 e. The highest BCUT2D eigenvalue weighted by Crippen LogP contribution is 2.17. The van der Waals surface area contributed by atoms with Gasteiger partial charge in [0.05, 0.1) is 11.7 Å². The van der Waals surface area contributed by atoms with E-state index in [0.717, 1.165) is 6.42 Å². The maximum Gasteiger partial charge on any atom is 0.0813 e. The summed E-state index contributed by atoms with van der Waals surface area (Å²) in [5.41, 5.74) is 1.01. The van der Waals surface area contributed by atoms with E-state index in [9.17, 15) is 0 Å². The molecule has 0 aliphatic carbocycles. The molecule has 0 aliphatic rings. The van der Waals surface area contributed by atoms with Crippen molar-refractivity contribution in [3.05, 3.63) is 42.0 Å². The predicted octanol–water partition coefficient (Wildman–Crippen LogP) is 4.29. The minimum atomic E-state index is -0.203.